The third-order valence-electron chi connectivity index (χ3n) is 3.88. The molecule has 1 aromatic carbocycles. The summed E-state index contributed by atoms with van der Waals surface area (Å²) in [6.07, 6.45) is 4.79. The fourth-order valence-electron chi connectivity index (χ4n) is 2.54. The first-order chi connectivity index (χ1) is 12.0. The minimum Gasteiger partial charge on any atom is -0.504 e. The van der Waals surface area contributed by atoms with Crippen molar-refractivity contribution in [3.8, 4) is 23.0 Å². The maximum Gasteiger partial charge on any atom is 0.226 e. The van der Waals surface area contributed by atoms with Crippen molar-refractivity contribution in [1.82, 2.24) is 9.97 Å². The van der Waals surface area contributed by atoms with E-state index in [9.17, 15) is 15.0 Å². The highest BCUT2D eigenvalue weighted by molar-refractivity contribution is 5.95. The number of hydrogen-bond acceptors (Lipinski definition) is 6. The molecule has 0 radical (unpaired) electrons. The van der Waals surface area contributed by atoms with E-state index in [1.54, 1.807) is 12.3 Å². The molecule has 6 nitrogen and oxygen atoms in total. The van der Waals surface area contributed by atoms with Crippen LogP contribution in [-0.4, -0.2) is 26.0 Å². The van der Waals surface area contributed by atoms with Crippen LogP contribution >= 0.6 is 0 Å². The molecule has 0 amide bonds. The largest absolute Gasteiger partial charge is 0.504 e. The number of ketones is 1. The average Bonchev–Trinajstić information content (AvgIpc) is 3.06. The number of rotatable bonds is 6. The Morgan fingerprint density at radius 1 is 1.20 bits per heavy atom. The van der Waals surface area contributed by atoms with Crippen LogP contribution < -0.4 is 0 Å². The second-order valence-corrected chi connectivity index (χ2v) is 5.79. The zero-order valence-electron chi connectivity index (χ0n) is 13.8. The lowest BCUT2D eigenvalue weighted by Crippen LogP contribution is -2.05. The van der Waals surface area contributed by atoms with Gasteiger partial charge in [-0.25, -0.2) is 4.98 Å². The number of oxazole rings is 1. The summed E-state index contributed by atoms with van der Waals surface area (Å²) < 4.78 is 5.41. The second-order valence-electron chi connectivity index (χ2n) is 5.79. The molecule has 0 unspecified atom stereocenters. The van der Waals surface area contributed by atoms with Crippen molar-refractivity contribution in [2.45, 2.75) is 26.2 Å². The molecule has 0 aliphatic heterocycles. The molecule has 0 saturated heterocycles. The van der Waals surface area contributed by atoms with Gasteiger partial charge in [0.15, 0.2) is 17.3 Å². The number of nitrogens with zero attached hydrogens (tertiary/aromatic N) is 2. The molecule has 3 aromatic rings. The minimum atomic E-state index is -0.228. The van der Waals surface area contributed by atoms with Gasteiger partial charge >= 0.3 is 0 Å². The van der Waals surface area contributed by atoms with E-state index in [2.05, 4.69) is 9.97 Å². The van der Waals surface area contributed by atoms with E-state index in [1.165, 1.54) is 18.4 Å². The Balaban J connectivity index is 1.59. The molecule has 2 aromatic heterocycles. The summed E-state index contributed by atoms with van der Waals surface area (Å²) in [7, 11) is 0. The standard InChI is InChI=1S/C19H18N2O4/c1-12-4-3-9-20-18(12)16(23)6-2-5-14-11-25-19(21-14)13-7-8-15(22)17(24)10-13/h3-4,7-11,22,24H,2,5-6H2,1H3. The Kier molecular flexibility index (Phi) is 4.79. The first-order valence-corrected chi connectivity index (χ1v) is 7.96. The van der Waals surface area contributed by atoms with Gasteiger partial charge in [-0.15, -0.1) is 0 Å². The normalized spacial score (nSPS) is 10.8. The van der Waals surface area contributed by atoms with Gasteiger partial charge in [-0.05, 0) is 49.6 Å². The molecule has 0 aliphatic rings. The molecular formula is C19H18N2O4. The third-order valence-corrected chi connectivity index (χ3v) is 3.88. The van der Waals surface area contributed by atoms with Gasteiger partial charge in [0.2, 0.25) is 5.89 Å². The molecule has 0 saturated carbocycles. The lowest BCUT2D eigenvalue weighted by Gasteiger charge is -2.02. The number of benzene rings is 1. The second kappa shape index (κ2) is 7.17. The molecule has 128 valence electrons. The van der Waals surface area contributed by atoms with Crippen LogP contribution in [0.15, 0.2) is 47.2 Å². The number of phenolic OH excluding ortho intramolecular Hbond substituents is 2. The maximum absolute atomic E-state index is 12.2. The van der Waals surface area contributed by atoms with Crippen molar-refractivity contribution in [1.29, 1.82) is 0 Å². The number of aromatic nitrogens is 2. The first kappa shape index (κ1) is 16.7. The van der Waals surface area contributed by atoms with Gasteiger partial charge in [-0.2, -0.15) is 0 Å². The lowest BCUT2D eigenvalue weighted by molar-refractivity contribution is 0.0974. The number of hydrogen-bond donors (Lipinski definition) is 2. The van der Waals surface area contributed by atoms with Crippen LogP contribution in [0.1, 0.15) is 34.6 Å². The number of pyridine rings is 1. The molecule has 0 fully saturated rings. The Bertz CT molecular complexity index is 902. The maximum atomic E-state index is 12.2. The van der Waals surface area contributed by atoms with E-state index in [0.29, 0.717) is 36.4 Å². The molecule has 0 spiro atoms. The van der Waals surface area contributed by atoms with E-state index in [1.807, 2.05) is 19.1 Å². The van der Waals surface area contributed by atoms with Gasteiger partial charge in [-0.1, -0.05) is 6.07 Å². The van der Waals surface area contributed by atoms with Gasteiger partial charge in [0.25, 0.3) is 0 Å². The monoisotopic (exact) mass is 338 g/mol. The number of aromatic hydroxyl groups is 2. The van der Waals surface area contributed by atoms with E-state index in [-0.39, 0.29) is 17.3 Å². The van der Waals surface area contributed by atoms with Crippen molar-refractivity contribution in [3.05, 3.63) is 59.7 Å². The SMILES string of the molecule is Cc1cccnc1C(=O)CCCc1coc(-c2ccc(O)c(O)c2)n1. The van der Waals surface area contributed by atoms with Gasteiger partial charge in [-0.3, -0.25) is 9.78 Å². The summed E-state index contributed by atoms with van der Waals surface area (Å²) in [5.74, 6) is -0.0464. The van der Waals surface area contributed by atoms with Gasteiger partial charge < -0.3 is 14.6 Å². The third kappa shape index (κ3) is 3.85. The van der Waals surface area contributed by atoms with Crippen LogP contribution in [0.2, 0.25) is 0 Å². The van der Waals surface area contributed by atoms with Crippen molar-refractivity contribution in [2.24, 2.45) is 0 Å². The Labute approximate surface area is 144 Å². The summed E-state index contributed by atoms with van der Waals surface area (Å²) in [4.78, 5) is 20.7. The summed E-state index contributed by atoms with van der Waals surface area (Å²) >= 11 is 0. The number of Topliss-reactive ketones (excluding diaryl/α,β-unsaturated/α-hetero) is 1. The van der Waals surface area contributed by atoms with E-state index in [0.717, 1.165) is 11.3 Å². The molecule has 3 rings (SSSR count). The average molecular weight is 338 g/mol. The Morgan fingerprint density at radius 3 is 2.80 bits per heavy atom. The first-order valence-electron chi connectivity index (χ1n) is 7.96. The molecule has 6 heteroatoms. The van der Waals surface area contributed by atoms with E-state index in [4.69, 9.17) is 4.42 Å². The zero-order chi connectivity index (χ0) is 17.8. The van der Waals surface area contributed by atoms with Crippen molar-refractivity contribution in [2.75, 3.05) is 0 Å². The number of carbonyl (C=O) groups is 1. The van der Waals surface area contributed by atoms with E-state index >= 15 is 0 Å². The van der Waals surface area contributed by atoms with Crippen molar-refractivity contribution < 1.29 is 19.4 Å². The lowest BCUT2D eigenvalue weighted by atomic mass is 10.1. The van der Waals surface area contributed by atoms with Crippen LogP contribution in [0.4, 0.5) is 0 Å². The van der Waals surface area contributed by atoms with Gasteiger partial charge in [0.05, 0.1) is 5.69 Å². The van der Waals surface area contributed by atoms with Crippen LogP contribution in [0, 0.1) is 6.92 Å². The van der Waals surface area contributed by atoms with Gasteiger partial charge in [0.1, 0.15) is 12.0 Å². The quantitative estimate of drug-likeness (QED) is 0.526. The van der Waals surface area contributed by atoms with Crippen molar-refractivity contribution in [3.63, 3.8) is 0 Å². The minimum absolute atomic E-state index is 0.0188. The highest BCUT2D eigenvalue weighted by atomic mass is 16.3. The van der Waals surface area contributed by atoms with E-state index < -0.39 is 0 Å². The molecule has 25 heavy (non-hydrogen) atoms. The Hall–Kier alpha value is -3.15. The summed E-state index contributed by atoms with van der Waals surface area (Å²) in [5.41, 5.74) is 2.70. The fourth-order valence-corrected chi connectivity index (χ4v) is 2.54. The Morgan fingerprint density at radius 2 is 2.04 bits per heavy atom. The molecule has 0 aliphatic carbocycles. The molecule has 2 heterocycles. The smallest absolute Gasteiger partial charge is 0.226 e. The number of aryl methyl sites for hydroxylation is 2. The summed E-state index contributed by atoms with van der Waals surface area (Å²) in [6, 6.07) is 8.06. The van der Waals surface area contributed by atoms with Crippen LogP contribution in [-0.2, 0) is 6.42 Å². The summed E-state index contributed by atoms with van der Waals surface area (Å²) in [6.45, 7) is 1.87. The fraction of sp³-hybridized carbons (Fsp3) is 0.211. The van der Waals surface area contributed by atoms with Crippen LogP contribution in [0.5, 0.6) is 11.5 Å². The molecule has 0 atom stereocenters. The highest BCUT2D eigenvalue weighted by Gasteiger charge is 2.12. The van der Waals surface area contributed by atoms with Crippen LogP contribution in [0.25, 0.3) is 11.5 Å². The summed E-state index contributed by atoms with van der Waals surface area (Å²) in [5, 5.41) is 18.9. The molecular weight excluding hydrogens is 320 g/mol. The topological polar surface area (TPSA) is 96.5 Å². The number of phenols is 2. The van der Waals surface area contributed by atoms with Gasteiger partial charge in [0, 0.05) is 18.2 Å². The molecule has 0 bridgehead atoms. The number of carbonyl (C=O) groups excluding carboxylic acids is 1. The predicted octanol–water partition coefficient (Wildman–Crippen LogP) is 3.66. The zero-order valence-corrected chi connectivity index (χ0v) is 13.8. The van der Waals surface area contributed by atoms with Crippen LogP contribution in [0.3, 0.4) is 0 Å². The highest BCUT2D eigenvalue weighted by Crippen LogP contribution is 2.30. The predicted molar refractivity (Wildman–Crippen MR) is 91.5 cm³/mol. The van der Waals surface area contributed by atoms with Crippen molar-refractivity contribution >= 4 is 5.78 Å². The molecule has 2 N–H and O–H groups in total.